The number of alkyl halides is 5. The van der Waals surface area contributed by atoms with Crippen molar-refractivity contribution in [2.45, 2.75) is 61.9 Å². The molecule has 1 aliphatic carbocycles. The van der Waals surface area contributed by atoms with Gasteiger partial charge in [-0.05, 0) is 78.9 Å². The molecule has 16 heteroatoms. The topological polar surface area (TPSA) is 85.2 Å². The Morgan fingerprint density at radius 2 is 1.96 bits per heavy atom. The zero-order valence-corrected chi connectivity index (χ0v) is 27.1. The predicted molar refractivity (Wildman–Crippen MR) is 165 cm³/mol. The second kappa shape index (κ2) is 13.6. The third-order valence-corrected chi connectivity index (χ3v) is 8.94. The van der Waals surface area contributed by atoms with Crippen LogP contribution < -0.4 is 5.32 Å². The van der Waals surface area contributed by atoms with E-state index in [9.17, 15) is 26.7 Å². The summed E-state index contributed by atoms with van der Waals surface area (Å²) in [6.45, 7) is 4.25. The van der Waals surface area contributed by atoms with Crippen molar-refractivity contribution in [2.24, 2.45) is 0 Å². The van der Waals surface area contributed by atoms with Gasteiger partial charge in [0, 0.05) is 25.1 Å². The lowest BCUT2D eigenvalue weighted by Gasteiger charge is -2.21. The van der Waals surface area contributed by atoms with Crippen LogP contribution in [0.5, 0.6) is 0 Å². The Morgan fingerprint density at radius 3 is 2.61 bits per heavy atom. The molecule has 2 fully saturated rings. The normalized spacial score (nSPS) is 16.7. The predicted octanol–water partition coefficient (Wildman–Crippen LogP) is 7.08. The van der Waals surface area contributed by atoms with Crippen molar-refractivity contribution >= 4 is 46.6 Å². The van der Waals surface area contributed by atoms with Gasteiger partial charge in [0.2, 0.25) is 11.1 Å². The molecule has 2 heterocycles. The smallest absolute Gasteiger partial charge is 0.362 e. The monoisotopic (exact) mass is 702 g/mol. The van der Waals surface area contributed by atoms with Gasteiger partial charge in [0.15, 0.2) is 0 Å². The van der Waals surface area contributed by atoms with Crippen LogP contribution in [0.2, 0.25) is 10.0 Å². The van der Waals surface area contributed by atoms with E-state index in [0.717, 1.165) is 41.4 Å². The Kier molecular flexibility index (Phi) is 10.2. The average Bonchev–Trinajstić information content (AvgIpc) is 3.61. The van der Waals surface area contributed by atoms with Crippen molar-refractivity contribution in [3.63, 3.8) is 0 Å². The minimum Gasteiger partial charge on any atom is -0.362 e. The van der Waals surface area contributed by atoms with Crippen molar-refractivity contribution in [1.82, 2.24) is 25.1 Å². The molecule has 1 saturated carbocycles. The highest BCUT2D eigenvalue weighted by Crippen LogP contribution is 2.47. The molecule has 1 N–H and O–H groups in total. The van der Waals surface area contributed by atoms with Gasteiger partial charge in [-0.2, -0.15) is 17.9 Å². The highest BCUT2D eigenvalue weighted by atomic mass is 35.5. The molecule has 5 rings (SSSR count). The number of likely N-dealkylation sites (tertiary alicyclic amines) is 1. The number of carbonyl (C=O) groups is 1. The molecule has 1 saturated heterocycles. The highest BCUT2D eigenvalue weighted by Gasteiger charge is 2.38. The zero-order chi connectivity index (χ0) is 33.3. The molecular weight excluding hydrogens is 674 g/mol. The van der Waals surface area contributed by atoms with Crippen molar-refractivity contribution in [3.8, 4) is 17.5 Å². The molecule has 1 aliphatic heterocycles. The number of nitrogens with one attached hydrogen (secondary N) is 1. The summed E-state index contributed by atoms with van der Waals surface area (Å²) in [6.07, 6.45) is -3.25. The minimum atomic E-state index is -4.59. The Balaban J connectivity index is 1.18. The van der Waals surface area contributed by atoms with Crippen LogP contribution in [-0.2, 0) is 15.7 Å². The molecule has 3 aromatic rings. The molecule has 0 radical (unpaired) electrons. The van der Waals surface area contributed by atoms with E-state index in [-0.39, 0.29) is 52.1 Å². The van der Waals surface area contributed by atoms with Crippen LogP contribution in [0, 0.1) is 11.8 Å². The molecule has 1 aromatic heterocycles. The van der Waals surface area contributed by atoms with E-state index < -0.39 is 29.2 Å². The van der Waals surface area contributed by atoms with E-state index in [1.165, 1.54) is 0 Å². The summed E-state index contributed by atoms with van der Waals surface area (Å²) in [6, 6.07) is 6.78. The quantitative estimate of drug-likeness (QED) is 0.137. The van der Waals surface area contributed by atoms with Crippen molar-refractivity contribution in [2.75, 3.05) is 37.3 Å². The number of tetrazole rings is 1. The fourth-order valence-electron chi connectivity index (χ4n) is 4.76. The van der Waals surface area contributed by atoms with E-state index in [1.807, 2.05) is 0 Å². The first-order valence-electron chi connectivity index (χ1n) is 14.3. The summed E-state index contributed by atoms with van der Waals surface area (Å²) < 4.78 is 74.5. The largest absolute Gasteiger partial charge is 0.416 e. The standard InChI is InChI=1S/C30H29Cl2F5N6O2S/c1-28(2,45-12-11-42-10-9-29(33,34)17-42)8-7-18-3-6-23(22(31)13-18)38-25(44)16-46-27-39-40-41-43(27)24-15-20(30(35,36)37)14-21(26(24)32)19-4-5-19/h3,6,13-15,19H,4-5,9-12,16-17H2,1-2H3,(H,38,44). The van der Waals surface area contributed by atoms with Crippen LogP contribution in [0.1, 0.15) is 55.7 Å². The van der Waals surface area contributed by atoms with E-state index >= 15 is 0 Å². The molecule has 246 valence electrons. The van der Waals surface area contributed by atoms with Gasteiger partial charge >= 0.3 is 6.18 Å². The lowest BCUT2D eigenvalue weighted by atomic mass is 10.0. The first-order valence-corrected chi connectivity index (χ1v) is 16.0. The second-order valence-electron chi connectivity index (χ2n) is 11.6. The number of nitrogens with zero attached hydrogens (tertiary/aromatic N) is 5. The van der Waals surface area contributed by atoms with Gasteiger partial charge < -0.3 is 10.1 Å². The van der Waals surface area contributed by atoms with Gasteiger partial charge in [-0.1, -0.05) is 46.8 Å². The van der Waals surface area contributed by atoms with Crippen LogP contribution in [0.4, 0.5) is 27.6 Å². The van der Waals surface area contributed by atoms with Crippen LogP contribution in [0.3, 0.4) is 0 Å². The third-order valence-electron chi connectivity index (χ3n) is 7.30. The molecule has 1 amide bonds. The van der Waals surface area contributed by atoms with Gasteiger partial charge in [-0.3, -0.25) is 9.69 Å². The van der Waals surface area contributed by atoms with Crippen molar-refractivity contribution < 1.29 is 31.5 Å². The summed E-state index contributed by atoms with van der Waals surface area (Å²) >= 11 is 13.8. The fourth-order valence-corrected chi connectivity index (χ4v) is 6.01. The highest BCUT2D eigenvalue weighted by molar-refractivity contribution is 7.99. The number of thioether (sulfide) groups is 1. The van der Waals surface area contributed by atoms with E-state index in [1.54, 1.807) is 36.9 Å². The van der Waals surface area contributed by atoms with Crippen LogP contribution >= 0.6 is 35.0 Å². The maximum absolute atomic E-state index is 13.6. The third kappa shape index (κ3) is 8.89. The van der Waals surface area contributed by atoms with Gasteiger partial charge in [0.25, 0.3) is 5.92 Å². The molecule has 46 heavy (non-hydrogen) atoms. The Labute approximate surface area is 276 Å². The lowest BCUT2D eigenvalue weighted by molar-refractivity contribution is -0.137. The number of carbonyl (C=O) groups excluding carboxylic acids is 1. The SMILES string of the molecule is CC(C)(C#Cc1ccc(NC(=O)CSc2nnnn2-c2cc(C(F)(F)F)cc(C3CC3)c2Cl)c(Cl)c1)OCCN1CCC(F)(F)C1. The Hall–Kier alpha value is -2.96. The number of hydrogen-bond donors (Lipinski definition) is 1. The molecule has 0 bridgehead atoms. The number of ether oxygens (including phenoxy) is 1. The van der Waals surface area contributed by atoms with Crippen LogP contribution in [-0.4, -0.2) is 74.5 Å². The summed E-state index contributed by atoms with van der Waals surface area (Å²) in [5.41, 5.74) is -0.436. The Bertz CT molecular complexity index is 1670. The molecule has 8 nitrogen and oxygen atoms in total. The summed E-state index contributed by atoms with van der Waals surface area (Å²) in [4.78, 5) is 14.4. The number of benzene rings is 2. The molecule has 0 unspecified atom stereocenters. The van der Waals surface area contributed by atoms with E-state index in [2.05, 4.69) is 32.7 Å². The Morgan fingerprint density at radius 1 is 1.20 bits per heavy atom. The second-order valence-corrected chi connectivity index (χ2v) is 13.3. The number of anilines is 1. The summed E-state index contributed by atoms with van der Waals surface area (Å²) in [5, 5.41) is 14.4. The zero-order valence-electron chi connectivity index (χ0n) is 24.7. The molecule has 0 spiro atoms. The van der Waals surface area contributed by atoms with Crippen LogP contribution in [0.25, 0.3) is 5.69 Å². The first-order chi connectivity index (χ1) is 21.6. The van der Waals surface area contributed by atoms with E-state index in [0.29, 0.717) is 29.9 Å². The summed E-state index contributed by atoms with van der Waals surface area (Å²) in [5.74, 6) is 2.64. The molecule has 2 aliphatic rings. The van der Waals surface area contributed by atoms with Crippen molar-refractivity contribution in [1.29, 1.82) is 0 Å². The lowest BCUT2D eigenvalue weighted by Crippen LogP contribution is -2.32. The number of halogens is 7. The number of aromatic nitrogens is 4. The maximum atomic E-state index is 13.6. The molecule has 2 aromatic carbocycles. The molecule has 0 atom stereocenters. The first kappa shape index (κ1) is 34.4. The maximum Gasteiger partial charge on any atom is 0.416 e. The van der Waals surface area contributed by atoms with Crippen LogP contribution in [0.15, 0.2) is 35.5 Å². The fraction of sp³-hybridized carbons (Fsp3) is 0.467. The van der Waals surface area contributed by atoms with Gasteiger partial charge in [0.1, 0.15) is 5.60 Å². The molecular formula is C30H29Cl2F5N6O2S. The average molecular weight is 704 g/mol. The van der Waals surface area contributed by atoms with Gasteiger partial charge in [0.05, 0.1) is 45.9 Å². The van der Waals surface area contributed by atoms with Gasteiger partial charge in [-0.25, -0.2) is 8.78 Å². The minimum absolute atomic E-state index is 0.0177. The van der Waals surface area contributed by atoms with Crippen molar-refractivity contribution in [3.05, 3.63) is 57.1 Å². The number of amides is 1. The number of rotatable bonds is 10. The van der Waals surface area contributed by atoms with E-state index in [4.69, 9.17) is 27.9 Å². The summed E-state index contributed by atoms with van der Waals surface area (Å²) in [7, 11) is 0. The van der Waals surface area contributed by atoms with Gasteiger partial charge in [-0.15, -0.1) is 5.10 Å². The number of hydrogen-bond acceptors (Lipinski definition) is 7.